The lowest BCUT2D eigenvalue weighted by molar-refractivity contribution is -0.122. The van der Waals surface area contributed by atoms with Crippen molar-refractivity contribution in [3.63, 3.8) is 0 Å². The van der Waals surface area contributed by atoms with Crippen LogP contribution in [0.1, 0.15) is 18.4 Å². The van der Waals surface area contributed by atoms with Gasteiger partial charge >= 0.3 is 0 Å². The summed E-state index contributed by atoms with van der Waals surface area (Å²) in [6.07, 6.45) is 6.26. The molecular formula is C22H18Cl2N2O2S2. The summed E-state index contributed by atoms with van der Waals surface area (Å²) in [5, 5.41) is 3.65. The number of hydrogen-bond donors (Lipinski definition) is 1. The number of thioether (sulfide) groups is 1. The predicted molar refractivity (Wildman–Crippen MR) is 130 cm³/mol. The van der Waals surface area contributed by atoms with Crippen LogP contribution in [-0.4, -0.2) is 27.6 Å². The van der Waals surface area contributed by atoms with Gasteiger partial charge in [0.15, 0.2) is 0 Å². The van der Waals surface area contributed by atoms with E-state index in [9.17, 15) is 9.59 Å². The van der Waals surface area contributed by atoms with Crippen LogP contribution in [0.15, 0.2) is 65.6 Å². The van der Waals surface area contributed by atoms with Crippen molar-refractivity contribution < 1.29 is 9.59 Å². The second-order valence-corrected chi connectivity index (χ2v) is 8.98. The number of amides is 2. The number of benzene rings is 2. The van der Waals surface area contributed by atoms with E-state index in [2.05, 4.69) is 5.32 Å². The molecule has 0 bridgehead atoms. The maximum absolute atomic E-state index is 12.6. The maximum atomic E-state index is 12.6. The molecule has 0 atom stereocenters. The third-order valence-corrected chi connectivity index (χ3v) is 5.97. The molecule has 4 nitrogen and oxygen atoms in total. The van der Waals surface area contributed by atoms with Gasteiger partial charge in [0, 0.05) is 28.7 Å². The minimum Gasteiger partial charge on any atom is -0.326 e. The Morgan fingerprint density at radius 2 is 1.83 bits per heavy atom. The van der Waals surface area contributed by atoms with Crippen molar-refractivity contribution in [2.24, 2.45) is 0 Å². The van der Waals surface area contributed by atoms with E-state index in [1.54, 1.807) is 24.3 Å². The smallest absolute Gasteiger partial charge is 0.266 e. The van der Waals surface area contributed by atoms with Crippen molar-refractivity contribution in [1.29, 1.82) is 0 Å². The van der Waals surface area contributed by atoms with Crippen molar-refractivity contribution in [1.82, 2.24) is 4.90 Å². The molecule has 1 fully saturated rings. The number of carbonyl (C=O) groups is 2. The van der Waals surface area contributed by atoms with Crippen molar-refractivity contribution >= 4 is 75.1 Å². The number of halogens is 2. The van der Waals surface area contributed by atoms with Gasteiger partial charge in [-0.1, -0.05) is 89.7 Å². The monoisotopic (exact) mass is 476 g/mol. The lowest BCUT2D eigenvalue weighted by atomic mass is 10.2. The minimum absolute atomic E-state index is 0.134. The number of carbonyl (C=O) groups excluding carboxylic acids is 2. The van der Waals surface area contributed by atoms with E-state index in [1.165, 1.54) is 16.7 Å². The summed E-state index contributed by atoms with van der Waals surface area (Å²) in [6.45, 7) is 0.383. The van der Waals surface area contributed by atoms with Crippen molar-refractivity contribution in [2.45, 2.75) is 12.8 Å². The highest BCUT2D eigenvalue weighted by atomic mass is 35.5. The molecule has 1 heterocycles. The summed E-state index contributed by atoms with van der Waals surface area (Å²) >= 11 is 18.5. The highest BCUT2D eigenvalue weighted by Crippen LogP contribution is 2.31. The quantitative estimate of drug-likeness (QED) is 0.383. The molecule has 0 spiro atoms. The Hall–Kier alpha value is -2.12. The standard InChI is InChI=1S/C22H18Cl2N2O2S2/c23-16-12-17(24)14-18(13-16)25-20(27)10-5-11-26-21(28)19(30-22(26)29)9-4-8-15-6-2-1-3-7-15/h1-4,6-9,12-14H,5,10-11H2,(H,25,27)/b8-4+,19-9-. The molecule has 0 radical (unpaired) electrons. The van der Waals surface area contributed by atoms with E-state index in [1.807, 2.05) is 42.5 Å². The van der Waals surface area contributed by atoms with Crippen LogP contribution in [0.25, 0.3) is 6.08 Å². The molecule has 1 aliphatic rings. The van der Waals surface area contributed by atoms with Crippen LogP contribution in [0.2, 0.25) is 10.0 Å². The first-order valence-corrected chi connectivity index (χ1v) is 11.1. The second-order valence-electron chi connectivity index (χ2n) is 6.44. The van der Waals surface area contributed by atoms with Gasteiger partial charge < -0.3 is 5.32 Å². The Bertz CT molecular complexity index is 1000. The first kappa shape index (κ1) is 22.6. The van der Waals surface area contributed by atoms with Gasteiger partial charge in [0.1, 0.15) is 4.32 Å². The zero-order chi connectivity index (χ0) is 21.5. The van der Waals surface area contributed by atoms with E-state index in [0.29, 0.717) is 37.9 Å². The number of anilines is 1. The van der Waals surface area contributed by atoms with E-state index in [0.717, 1.165) is 5.56 Å². The van der Waals surface area contributed by atoms with Gasteiger partial charge in [0.05, 0.1) is 4.91 Å². The van der Waals surface area contributed by atoms with Crippen LogP contribution in [0.3, 0.4) is 0 Å². The molecule has 2 aromatic carbocycles. The fraction of sp³-hybridized carbons (Fsp3) is 0.136. The van der Waals surface area contributed by atoms with Gasteiger partial charge in [-0.25, -0.2) is 0 Å². The summed E-state index contributed by atoms with van der Waals surface area (Å²) in [5.41, 5.74) is 1.59. The van der Waals surface area contributed by atoms with Crippen LogP contribution in [0, 0.1) is 0 Å². The molecule has 1 aliphatic heterocycles. The summed E-state index contributed by atoms with van der Waals surface area (Å²) in [5.74, 6) is -0.315. The van der Waals surface area contributed by atoms with Gasteiger partial charge in [-0.2, -0.15) is 0 Å². The molecule has 154 valence electrons. The molecule has 0 saturated carbocycles. The minimum atomic E-state index is -0.180. The molecule has 0 aliphatic carbocycles. The Labute approximate surface area is 194 Å². The highest BCUT2D eigenvalue weighted by molar-refractivity contribution is 8.26. The molecule has 2 aromatic rings. The number of thiocarbonyl (C=S) groups is 1. The van der Waals surface area contributed by atoms with Crippen LogP contribution in [-0.2, 0) is 9.59 Å². The first-order chi connectivity index (χ1) is 14.4. The normalized spacial score (nSPS) is 15.4. The molecule has 0 aromatic heterocycles. The van der Waals surface area contributed by atoms with Crippen LogP contribution in [0.4, 0.5) is 5.69 Å². The van der Waals surface area contributed by atoms with E-state index >= 15 is 0 Å². The summed E-state index contributed by atoms with van der Waals surface area (Å²) in [6, 6.07) is 14.7. The maximum Gasteiger partial charge on any atom is 0.266 e. The summed E-state index contributed by atoms with van der Waals surface area (Å²) in [7, 11) is 0. The molecule has 30 heavy (non-hydrogen) atoms. The van der Waals surface area contributed by atoms with Crippen molar-refractivity contribution in [3.8, 4) is 0 Å². The average Bonchev–Trinajstić information content (AvgIpc) is 2.95. The molecule has 1 saturated heterocycles. The molecule has 3 rings (SSSR count). The summed E-state index contributed by atoms with van der Waals surface area (Å²) < 4.78 is 0.501. The number of rotatable bonds is 7. The molecule has 2 amide bonds. The number of nitrogens with zero attached hydrogens (tertiary/aromatic N) is 1. The number of hydrogen-bond acceptors (Lipinski definition) is 4. The third-order valence-electron chi connectivity index (χ3n) is 4.14. The van der Waals surface area contributed by atoms with Gasteiger partial charge in [-0.3, -0.25) is 14.5 Å². The Balaban J connectivity index is 1.50. The highest BCUT2D eigenvalue weighted by Gasteiger charge is 2.31. The average molecular weight is 477 g/mol. The van der Waals surface area contributed by atoms with Crippen LogP contribution >= 0.6 is 47.2 Å². The Morgan fingerprint density at radius 3 is 2.53 bits per heavy atom. The SMILES string of the molecule is O=C(CCCN1C(=O)/C(=C/C=C/c2ccccc2)SC1=S)Nc1cc(Cl)cc(Cl)c1. The number of allylic oxidation sites excluding steroid dienone is 2. The largest absolute Gasteiger partial charge is 0.326 e. The molecule has 8 heteroatoms. The van der Waals surface area contributed by atoms with Crippen molar-refractivity contribution in [3.05, 3.63) is 81.2 Å². The van der Waals surface area contributed by atoms with Gasteiger partial charge in [0.2, 0.25) is 5.91 Å². The lowest BCUT2D eigenvalue weighted by Gasteiger charge is -2.14. The summed E-state index contributed by atoms with van der Waals surface area (Å²) in [4.78, 5) is 26.8. The zero-order valence-corrected chi connectivity index (χ0v) is 19.0. The number of nitrogens with one attached hydrogen (secondary N) is 1. The fourth-order valence-electron chi connectivity index (χ4n) is 2.76. The topological polar surface area (TPSA) is 49.4 Å². The Kier molecular flexibility index (Phi) is 8.10. The lowest BCUT2D eigenvalue weighted by Crippen LogP contribution is -2.29. The predicted octanol–water partition coefficient (Wildman–Crippen LogP) is 6.17. The first-order valence-electron chi connectivity index (χ1n) is 9.15. The van der Waals surface area contributed by atoms with E-state index in [4.69, 9.17) is 35.4 Å². The van der Waals surface area contributed by atoms with Crippen LogP contribution < -0.4 is 5.32 Å². The second kappa shape index (κ2) is 10.8. The van der Waals surface area contributed by atoms with E-state index < -0.39 is 0 Å². The molecule has 0 unspecified atom stereocenters. The Morgan fingerprint density at radius 1 is 1.13 bits per heavy atom. The van der Waals surface area contributed by atoms with Crippen molar-refractivity contribution in [2.75, 3.05) is 11.9 Å². The third kappa shape index (κ3) is 6.44. The van der Waals surface area contributed by atoms with Crippen LogP contribution in [0.5, 0.6) is 0 Å². The molecular weight excluding hydrogens is 459 g/mol. The van der Waals surface area contributed by atoms with Gasteiger partial charge in [0.25, 0.3) is 5.91 Å². The fourth-order valence-corrected chi connectivity index (χ4v) is 4.55. The zero-order valence-electron chi connectivity index (χ0n) is 15.8. The van der Waals surface area contributed by atoms with Gasteiger partial charge in [-0.15, -0.1) is 0 Å². The molecule has 1 N–H and O–H groups in total. The van der Waals surface area contributed by atoms with E-state index in [-0.39, 0.29) is 18.2 Å². The van der Waals surface area contributed by atoms with Gasteiger partial charge in [-0.05, 0) is 36.3 Å².